The molecule has 0 radical (unpaired) electrons. The van der Waals surface area contributed by atoms with E-state index in [1.54, 1.807) is 17.5 Å². The van der Waals surface area contributed by atoms with Gasteiger partial charge in [-0.05, 0) is 6.92 Å². The van der Waals surface area contributed by atoms with Crippen LogP contribution in [0, 0.1) is 10.1 Å². The summed E-state index contributed by atoms with van der Waals surface area (Å²) in [4.78, 5) is 19.1. The summed E-state index contributed by atoms with van der Waals surface area (Å²) < 4.78 is 0. The molecule has 0 saturated heterocycles. The molecule has 1 atom stereocenters. The van der Waals surface area contributed by atoms with Gasteiger partial charge in [-0.2, -0.15) is 0 Å². The van der Waals surface area contributed by atoms with E-state index in [4.69, 9.17) is 0 Å². The molecule has 0 aliphatic rings. The monoisotopic (exact) mass is 307 g/mol. The van der Waals surface area contributed by atoms with Gasteiger partial charge in [-0.3, -0.25) is 10.1 Å². The van der Waals surface area contributed by atoms with Crippen LogP contribution in [0.5, 0.6) is 0 Å². The van der Waals surface area contributed by atoms with E-state index < -0.39 is 4.92 Å². The van der Waals surface area contributed by atoms with E-state index >= 15 is 0 Å². The van der Waals surface area contributed by atoms with Crippen LogP contribution in [-0.4, -0.2) is 28.0 Å². The van der Waals surface area contributed by atoms with Gasteiger partial charge in [0.2, 0.25) is 0 Å². The maximum absolute atomic E-state index is 10.9. The molecule has 1 unspecified atom stereocenters. The van der Waals surface area contributed by atoms with Crippen LogP contribution < -0.4 is 10.6 Å². The zero-order valence-electron chi connectivity index (χ0n) is 11.9. The molecule has 8 heteroatoms. The molecule has 0 fully saturated rings. The second-order valence-corrected chi connectivity index (χ2v) is 5.46. The molecule has 0 spiro atoms. The zero-order chi connectivity index (χ0) is 15.2. The van der Waals surface area contributed by atoms with Gasteiger partial charge in [0.25, 0.3) is 5.69 Å². The molecule has 0 aliphatic carbocycles. The van der Waals surface area contributed by atoms with E-state index in [9.17, 15) is 10.1 Å². The van der Waals surface area contributed by atoms with Gasteiger partial charge < -0.3 is 10.6 Å². The Morgan fingerprint density at radius 3 is 2.67 bits per heavy atom. The summed E-state index contributed by atoms with van der Waals surface area (Å²) in [7, 11) is 0. The molecular weight excluding hydrogens is 290 g/mol. The van der Waals surface area contributed by atoms with Gasteiger partial charge in [0.05, 0.1) is 22.1 Å². The molecule has 0 amide bonds. The van der Waals surface area contributed by atoms with E-state index in [2.05, 4.69) is 20.6 Å². The molecule has 21 heavy (non-hydrogen) atoms. The first-order chi connectivity index (χ1) is 10.1. The number of nitro groups is 1. The Morgan fingerprint density at radius 1 is 1.38 bits per heavy atom. The first-order valence-electron chi connectivity index (χ1n) is 6.63. The summed E-state index contributed by atoms with van der Waals surface area (Å²) >= 11 is 1.59. The number of rotatable bonds is 7. The predicted octanol–water partition coefficient (Wildman–Crippen LogP) is 3.09. The smallest absolute Gasteiger partial charge is 0.276 e. The van der Waals surface area contributed by atoms with Crippen molar-refractivity contribution in [1.29, 1.82) is 0 Å². The molecule has 2 rings (SSSR count). The lowest BCUT2D eigenvalue weighted by molar-refractivity contribution is -0.384. The standard InChI is InChI=1S/C13H17N5O2S/c1-3-14-11-6-10(18(19)20)7-12(17-11)16-8-9(2)13-15-4-5-21-13/h4-7,9H,3,8H2,1-2H3,(H2,14,16,17). The summed E-state index contributed by atoms with van der Waals surface area (Å²) in [6, 6.07) is 2.87. The lowest BCUT2D eigenvalue weighted by Crippen LogP contribution is -2.12. The Kier molecular flexibility index (Phi) is 5.04. The van der Waals surface area contributed by atoms with Gasteiger partial charge in [0.15, 0.2) is 0 Å². The van der Waals surface area contributed by atoms with E-state index in [1.807, 2.05) is 19.2 Å². The number of nitrogens with zero attached hydrogens (tertiary/aromatic N) is 3. The van der Waals surface area contributed by atoms with Crippen molar-refractivity contribution in [3.05, 3.63) is 38.8 Å². The Balaban J connectivity index is 2.09. The van der Waals surface area contributed by atoms with Crippen molar-refractivity contribution in [2.45, 2.75) is 19.8 Å². The van der Waals surface area contributed by atoms with E-state index in [0.717, 1.165) is 5.01 Å². The van der Waals surface area contributed by atoms with Crippen molar-refractivity contribution in [3.63, 3.8) is 0 Å². The van der Waals surface area contributed by atoms with Crippen molar-refractivity contribution >= 4 is 28.7 Å². The largest absolute Gasteiger partial charge is 0.370 e. The van der Waals surface area contributed by atoms with Crippen LogP contribution >= 0.6 is 11.3 Å². The summed E-state index contributed by atoms with van der Waals surface area (Å²) in [5, 5.41) is 20.0. The van der Waals surface area contributed by atoms with E-state index in [0.29, 0.717) is 24.7 Å². The molecule has 0 saturated carbocycles. The fourth-order valence-electron chi connectivity index (χ4n) is 1.81. The molecule has 2 N–H and O–H groups in total. The van der Waals surface area contributed by atoms with Gasteiger partial charge in [0, 0.05) is 30.6 Å². The minimum atomic E-state index is -0.419. The van der Waals surface area contributed by atoms with Crippen LogP contribution in [0.2, 0.25) is 0 Å². The van der Waals surface area contributed by atoms with Gasteiger partial charge in [-0.25, -0.2) is 9.97 Å². The number of anilines is 2. The van der Waals surface area contributed by atoms with Crippen LogP contribution in [0.3, 0.4) is 0 Å². The predicted molar refractivity (Wildman–Crippen MR) is 84.1 cm³/mol. The summed E-state index contributed by atoms with van der Waals surface area (Å²) in [5.41, 5.74) is 0.0188. The first-order valence-corrected chi connectivity index (χ1v) is 7.51. The molecule has 0 aliphatic heterocycles. The van der Waals surface area contributed by atoms with Crippen molar-refractivity contribution in [2.75, 3.05) is 23.7 Å². The number of hydrogen-bond donors (Lipinski definition) is 2. The number of pyridine rings is 1. The second-order valence-electron chi connectivity index (χ2n) is 4.54. The Labute approximate surface area is 126 Å². The van der Waals surface area contributed by atoms with Gasteiger partial charge in [-0.1, -0.05) is 6.92 Å². The lowest BCUT2D eigenvalue weighted by atomic mass is 10.2. The summed E-state index contributed by atoms with van der Waals surface area (Å²) in [6.07, 6.45) is 1.77. The average molecular weight is 307 g/mol. The summed E-state index contributed by atoms with van der Waals surface area (Å²) in [6.45, 7) is 5.24. The fourth-order valence-corrected chi connectivity index (χ4v) is 2.51. The normalized spacial score (nSPS) is 11.9. The van der Waals surface area contributed by atoms with Crippen LogP contribution in [-0.2, 0) is 0 Å². The van der Waals surface area contributed by atoms with Gasteiger partial charge in [-0.15, -0.1) is 11.3 Å². The highest BCUT2D eigenvalue weighted by atomic mass is 32.1. The van der Waals surface area contributed by atoms with Crippen LogP contribution in [0.15, 0.2) is 23.7 Å². The van der Waals surface area contributed by atoms with Crippen molar-refractivity contribution in [1.82, 2.24) is 9.97 Å². The molecule has 0 bridgehead atoms. The van der Waals surface area contributed by atoms with Crippen LogP contribution in [0.1, 0.15) is 24.8 Å². The van der Waals surface area contributed by atoms with Crippen molar-refractivity contribution in [2.24, 2.45) is 0 Å². The van der Waals surface area contributed by atoms with Gasteiger partial charge in [0.1, 0.15) is 11.6 Å². The highest BCUT2D eigenvalue weighted by Crippen LogP contribution is 2.22. The molecule has 2 aromatic rings. The Bertz CT molecular complexity index is 603. The fraction of sp³-hybridized carbons (Fsp3) is 0.385. The third-order valence-electron chi connectivity index (χ3n) is 2.84. The zero-order valence-corrected chi connectivity index (χ0v) is 12.7. The quantitative estimate of drug-likeness (QED) is 0.603. The Morgan fingerprint density at radius 2 is 2.10 bits per heavy atom. The molecule has 7 nitrogen and oxygen atoms in total. The molecule has 112 valence electrons. The second kappa shape index (κ2) is 6.98. The maximum Gasteiger partial charge on any atom is 0.276 e. The van der Waals surface area contributed by atoms with Crippen LogP contribution in [0.25, 0.3) is 0 Å². The van der Waals surface area contributed by atoms with E-state index in [-0.39, 0.29) is 11.6 Å². The lowest BCUT2D eigenvalue weighted by Gasteiger charge is -2.12. The third kappa shape index (κ3) is 4.12. The SMILES string of the molecule is CCNc1cc([N+](=O)[O-])cc(NCC(C)c2nccs2)n1. The van der Waals surface area contributed by atoms with Crippen molar-refractivity contribution in [3.8, 4) is 0 Å². The Hall–Kier alpha value is -2.22. The highest BCUT2D eigenvalue weighted by molar-refractivity contribution is 7.09. The first kappa shape index (κ1) is 15.2. The molecule has 2 heterocycles. The third-order valence-corrected chi connectivity index (χ3v) is 3.85. The average Bonchev–Trinajstić information content (AvgIpc) is 2.99. The number of aromatic nitrogens is 2. The number of thiazole rings is 1. The molecular formula is C13H17N5O2S. The minimum Gasteiger partial charge on any atom is -0.370 e. The van der Waals surface area contributed by atoms with Gasteiger partial charge >= 0.3 is 0 Å². The highest BCUT2D eigenvalue weighted by Gasteiger charge is 2.13. The maximum atomic E-state index is 10.9. The topological polar surface area (TPSA) is 93.0 Å². The van der Waals surface area contributed by atoms with Crippen molar-refractivity contribution < 1.29 is 4.92 Å². The van der Waals surface area contributed by atoms with Crippen LogP contribution in [0.4, 0.5) is 17.3 Å². The summed E-state index contributed by atoms with van der Waals surface area (Å²) in [5.74, 6) is 1.20. The molecule has 2 aromatic heterocycles. The number of nitrogens with one attached hydrogen (secondary N) is 2. The number of hydrogen-bond acceptors (Lipinski definition) is 7. The minimum absolute atomic E-state index is 0.0188. The van der Waals surface area contributed by atoms with E-state index in [1.165, 1.54) is 12.1 Å². The molecule has 0 aromatic carbocycles.